The summed E-state index contributed by atoms with van der Waals surface area (Å²) in [6.45, 7) is 0.679. The van der Waals surface area contributed by atoms with Crippen molar-refractivity contribution in [3.63, 3.8) is 0 Å². The third kappa shape index (κ3) is 8.25. The number of phosphoric acid groups is 1. The number of nitrogens with zero attached hydrogens (tertiary/aromatic N) is 1. The van der Waals surface area contributed by atoms with Gasteiger partial charge in [0.05, 0.1) is 14.4 Å². The van der Waals surface area contributed by atoms with Crippen LogP contribution in [0.3, 0.4) is 0 Å². The predicted octanol–water partition coefficient (Wildman–Crippen LogP) is -0.605. The van der Waals surface area contributed by atoms with Crippen LogP contribution in [-0.4, -0.2) is 18.6 Å². The van der Waals surface area contributed by atoms with Crippen LogP contribution in [0.1, 0.15) is 23.1 Å². The summed E-state index contributed by atoms with van der Waals surface area (Å²) >= 11 is 3.34. The van der Waals surface area contributed by atoms with Gasteiger partial charge in [0, 0.05) is 44.6 Å². The van der Waals surface area contributed by atoms with Crippen molar-refractivity contribution in [3.8, 4) is 0 Å². The van der Waals surface area contributed by atoms with Gasteiger partial charge in [0.2, 0.25) is 0 Å². The summed E-state index contributed by atoms with van der Waals surface area (Å²) < 4.78 is 16.2. The molecule has 0 bridgehead atoms. The Bertz CT molecular complexity index is 1140. The van der Waals surface area contributed by atoms with Gasteiger partial charge in [0.25, 0.3) is 0 Å². The minimum absolute atomic E-state index is 0. The molecule has 0 spiro atoms. The first-order valence-electron chi connectivity index (χ1n) is 10.6. The van der Waals surface area contributed by atoms with Crippen molar-refractivity contribution in [3.05, 3.63) is 99.8 Å². The molecule has 3 aromatic rings. The fraction of sp³-hybridized carbons (Fsp3) is 0.200. The van der Waals surface area contributed by atoms with Gasteiger partial charge in [-0.25, -0.2) is 0 Å². The molecule has 0 amide bonds. The van der Waals surface area contributed by atoms with Gasteiger partial charge in [-0.2, -0.15) is 0 Å². The fourth-order valence-electron chi connectivity index (χ4n) is 3.91. The molecule has 0 unspecified atom stereocenters. The van der Waals surface area contributed by atoms with Gasteiger partial charge in [-0.15, -0.1) is 23.5 Å². The molecule has 5 nitrogen and oxygen atoms in total. The molecule has 0 N–H and O–H groups in total. The third-order valence-corrected chi connectivity index (χ3v) is 8.16. The number of thioether (sulfide) groups is 2. The van der Waals surface area contributed by atoms with E-state index in [1.807, 2.05) is 6.07 Å². The maximum atomic E-state index is 10.7. The quantitative estimate of drug-likeness (QED) is 0.203. The van der Waals surface area contributed by atoms with E-state index < -0.39 is 7.82 Å². The topological polar surface area (TPSA) is 75.7 Å². The molecule has 0 radical (unpaired) electrons. The Morgan fingerprint density at radius 1 is 0.886 bits per heavy atom. The first-order valence-corrected chi connectivity index (χ1v) is 14.2. The van der Waals surface area contributed by atoms with Gasteiger partial charge in [0.1, 0.15) is 0 Å². The molecule has 1 heterocycles. The maximum Gasteiger partial charge on any atom is 1.00 e. The van der Waals surface area contributed by atoms with Crippen LogP contribution in [0.15, 0.2) is 83.1 Å². The van der Waals surface area contributed by atoms with Crippen molar-refractivity contribution >= 4 is 48.3 Å². The molecular weight excluding hydrogens is 519 g/mol. The van der Waals surface area contributed by atoms with Crippen molar-refractivity contribution in [1.29, 1.82) is 0 Å². The van der Waals surface area contributed by atoms with Gasteiger partial charge in [-0.1, -0.05) is 66.7 Å². The Morgan fingerprint density at radius 3 is 1.97 bits per heavy atom. The van der Waals surface area contributed by atoms with E-state index in [0.717, 1.165) is 22.2 Å². The Balaban J connectivity index is 0.00000216. The van der Waals surface area contributed by atoms with Gasteiger partial charge in [-0.05, 0) is 30.4 Å². The molecule has 1 aliphatic rings. The molecule has 3 aromatic carbocycles. The molecule has 0 atom stereocenters. The molecular formula is C25H24NNa2O4PS2. The molecule has 1 aliphatic heterocycles. The largest absolute Gasteiger partial charge is 1.00 e. The zero-order valence-electron chi connectivity index (χ0n) is 20.2. The number of benzene rings is 3. The summed E-state index contributed by atoms with van der Waals surface area (Å²) in [5, 5.41) is 0. The Labute approximate surface area is 259 Å². The average Bonchev–Trinajstić information content (AvgIpc) is 2.82. The van der Waals surface area contributed by atoms with Crippen molar-refractivity contribution in [1.82, 2.24) is 0 Å². The second-order valence-corrected chi connectivity index (χ2v) is 10.8. The SMILES string of the molecule is CSC(SCCCOP(=O)([O-])[O-])=C1c2ccccc2N(Cc2ccccc2)c2ccccc21.[Na+].[Na+]. The standard InChI is InChI=1S/C25H26NO4PS2.2Na/c1-32-25(33-17-9-16-30-31(27,28)29)24-20-12-5-7-14-22(20)26(18-19-10-3-2-4-11-19)23-15-8-6-13-21(23)24;;/h2-8,10-15H,9,16-18H2,1H3,(H2,27,28,29);;/q;2*+1/p-2. The van der Waals surface area contributed by atoms with Crippen LogP contribution in [0.4, 0.5) is 11.4 Å². The van der Waals surface area contributed by atoms with Crippen molar-refractivity contribution in [2.75, 3.05) is 23.5 Å². The van der Waals surface area contributed by atoms with Crippen LogP contribution in [0.2, 0.25) is 0 Å². The van der Waals surface area contributed by atoms with E-state index in [-0.39, 0.29) is 65.7 Å². The summed E-state index contributed by atoms with van der Waals surface area (Å²) in [6, 6.07) is 27.3. The zero-order valence-corrected chi connectivity index (χ0v) is 26.7. The monoisotopic (exact) mass is 543 g/mol. The van der Waals surface area contributed by atoms with Crippen LogP contribution in [0, 0.1) is 0 Å². The fourth-order valence-corrected chi connectivity index (χ4v) is 6.22. The van der Waals surface area contributed by atoms with Gasteiger partial charge < -0.3 is 23.8 Å². The number of para-hydroxylation sites is 2. The number of phosphoric ester groups is 1. The molecule has 4 rings (SSSR count). The van der Waals surface area contributed by atoms with E-state index in [1.54, 1.807) is 23.5 Å². The molecule has 0 aromatic heterocycles. The van der Waals surface area contributed by atoms with E-state index in [2.05, 4.69) is 88.5 Å². The summed E-state index contributed by atoms with van der Waals surface area (Å²) in [5.41, 5.74) is 7.08. The smallest absolute Gasteiger partial charge is 0.790 e. The molecule has 0 saturated heterocycles. The van der Waals surface area contributed by atoms with E-state index in [4.69, 9.17) is 0 Å². The van der Waals surface area contributed by atoms with E-state index in [9.17, 15) is 14.4 Å². The number of rotatable bonds is 9. The van der Waals surface area contributed by atoms with Crippen LogP contribution in [0.5, 0.6) is 0 Å². The zero-order chi connectivity index (χ0) is 23.3. The van der Waals surface area contributed by atoms with Crippen LogP contribution in [-0.2, 0) is 15.6 Å². The molecule has 0 saturated carbocycles. The van der Waals surface area contributed by atoms with Crippen molar-refractivity contribution < 1.29 is 78.0 Å². The number of hydrogen-bond acceptors (Lipinski definition) is 7. The van der Waals surface area contributed by atoms with E-state index >= 15 is 0 Å². The van der Waals surface area contributed by atoms with Gasteiger partial charge in [0.15, 0.2) is 0 Å². The van der Waals surface area contributed by atoms with Crippen molar-refractivity contribution in [2.45, 2.75) is 13.0 Å². The minimum Gasteiger partial charge on any atom is -0.790 e. The molecule has 172 valence electrons. The summed E-state index contributed by atoms with van der Waals surface area (Å²) in [4.78, 5) is 23.7. The van der Waals surface area contributed by atoms with E-state index in [0.29, 0.717) is 12.2 Å². The van der Waals surface area contributed by atoms with Gasteiger partial charge in [-0.3, -0.25) is 0 Å². The molecule has 0 fully saturated rings. The number of fused-ring (bicyclic) bond motifs is 2. The third-order valence-electron chi connectivity index (χ3n) is 5.27. The summed E-state index contributed by atoms with van der Waals surface area (Å²) in [7, 11) is -4.92. The van der Waals surface area contributed by atoms with Crippen LogP contribution in [0.25, 0.3) is 5.57 Å². The number of anilines is 2. The predicted molar refractivity (Wildman–Crippen MR) is 135 cm³/mol. The Kier molecular flexibility index (Phi) is 13.2. The summed E-state index contributed by atoms with van der Waals surface area (Å²) in [5.74, 6) is 0.651. The van der Waals surface area contributed by atoms with Crippen molar-refractivity contribution in [2.24, 2.45) is 0 Å². The average molecular weight is 544 g/mol. The molecule has 10 heteroatoms. The summed E-state index contributed by atoms with van der Waals surface area (Å²) in [6.07, 6.45) is 2.52. The minimum atomic E-state index is -4.92. The van der Waals surface area contributed by atoms with E-state index in [1.165, 1.54) is 22.3 Å². The van der Waals surface area contributed by atoms with Crippen LogP contribution < -0.4 is 73.8 Å². The second-order valence-electron chi connectivity index (χ2n) is 7.46. The van der Waals surface area contributed by atoms with Gasteiger partial charge >= 0.3 is 59.1 Å². The Hall–Kier alpha value is 0.0100. The normalized spacial score (nSPS) is 12.2. The second kappa shape index (κ2) is 14.8. The first kappa shape index (κ1) is 31.2. The number of hydrogen-bond donors (Lipinski definition) is 0. The van der Waals surface area contributed by atoms with Crippen LogP contribution >= 0.6 is 31.3 Å². The molecule has 35 heavy (non-hydrogen) atoms. The Morgan fingerprint density at radius 2 is 1.43 bits per heavy atom. The molecule has 0 aliphatic carbocycles. The maximum absolute atomic E-state index is 10.7. The first-order chi connectivity index (χ1) is 16.0.